The zero-order valence-electron chi connectivity index (χ0n) is 45.9. The molecule has 3 atom stereocenters. The van der Waals surface area contributed by atoms with Gasteiger partial charge in [0.25, 0.3) is 0 Å². The van der Waals surface area contributed by atoms with E-state index in [1.807, 2.05) is 0 Å². The third-order valence-electron chi connectivity index (χ3n) is 12.1. The van der Waals surface area contributed by atoms with Gasteiger partial charge in [0.15, 0.2) is 6.10 Å². The van der Waals surface area contributed by atoms with Crippen molar-refractivity contribution in [2.75, 3.05) is 26.4 Å². The van der Waals surface area contributed by atoms with Gasteiger partial charge in [-0.3, -0.25) is 23.4 Å². The predicted octanol–water partition coefficient (Wildman–Crippen LogP) is 16.9. The van der Waals surface area contributed by atoms with Crippen molar-refractivity contribution >= 4 is 25.7 Å². The number of unbranched alkanes of at least 4 members (excludes halogenated alkanes) is 24. The van der Waals surface area contributed by atoms with E-state index in [1.165, 1.54) is 51.4 Å². The fourth-order valence-electron chi connectivity index (χ4n) is 7.68. The van der Waals surface area contributed by atoms with Gasteiger partial charge < -0.3 is 24.2 Å². The summed E-state index contributed by atoms with van der Waals surface area (Å²) in [5.74, 6) is -1.50. The molecule has 0 saturated carbocycles. The van der Waals surface area contributed by atoms with Crippen LogP contribution in [0, 0.1) is 0 Å². The molecule has 0 aromatic rings. The van der Waals surface area contributed by atoms with E-state index in [-0.39, 0.29) is 25.9 Å². The SMILES string of the molecule is CC/C=C\C/C=C\C/C=C\C/C=C\CCCCCCCCC(=O)OC(COC(=O)CCCCCCC/C=C\CCCC)COP(=O)(O)OCC(CO)OC(=O)CCCCCCC/C=C\CCCCCCCC. The summed E-state index contributed by atoms with van der Waals surface area (Å²) < 4.78 is 39.5. The Balaban J connectivity index is 4.72. The second-order valence-corrected chi connectivity index (χ2v) is 20.5. The molecule has 0 aliphatic rings. The van der Waals surface area contributed by atoms with Crippen LogP contribution in [0.15, 0.2) is 72.9 Å². The molecule has 0 amide bonds. The van der Waals surface area contributed by atoms with Crippen LogP contribution < -0.4 is 0 Å². The average molecular weight is 1030 g/mol. The Morgan fingerprint density at radius 1 is 0.403 bits per heavy atom. The summed E-state index contributed by atoms with van der Waals surface area (Å²) in [5, 5.41) is 9.81. The van der Waals surface area contributed by atoms with E-state index in [4.69, 9.17) is 23.3 Å². The van der Waals surface area contributed by atoms with Crippen molar-refractivity contribution in [1.29, 1.82) is 0 Å². The molecule has 0 fully saturated rings. The number of esters is 3. The molecule has 3 unspecified atom stereocenters. The monoisotopic (exact) mass is 1030 g/mol. The molecule has 0 rings (SSSR count). The number of phosphoric acid groups is 1. The first-order valence-electron chi connectivity index (χ1n) is 28.8. The van der Waals surface area contributed by atoms with Gasteiger partial charge in [0, 0.05) is 19.3 Å². The van der Waals surface area contributed by atoms with Crippen molar-refractivity contribution in [1.82, 2.24) is 0 Å². The van der Waals surface area contributed by atoms with Crippen LogP contribution in [0.4, 0.5) is 0 Å². The fourth-order valence-corrected chi connectivity index (χ4v) is 8.46. The maximum absolute atomic E-state index is 12.9. The predicted molar refractivity (Wildman–Crippen MR) is 298 cm³/mol. The van der Waals surface area contributed by atoms with Crippen molar-refractivity contribution in [2.24, 2.45) is 0 Å². The number of hydrogen-bond acceptors (Lipinski definition) is 10. The van der Waals surface area contributed by atoms with Crippen LogP contribution in [0.3, 0.4) is 0 Å². The lowest BCUT2D eigenvalue weighted by atomic mass is 10.1. The van der Waals surface area contributed by atoms with E-state index < -0.39 is 57.8 Å². The molecule has 0 aliphatic heterocycles. The van der Waals surface area contributed by atoms with E-state index >= 15 is 0 Å². The number of aliphatic hydroxyl groups excluding tert-OH is 1. The number of phosphoric ester groups is 1. The third-order valence-corrected chi connectivity index (χ3v) is 13.0. The number of ether oxygens (including phenoxy) is 3. The normalized spacial score (nSPS) is 13.9. The summed E-state index contributed by atoms with van der Waals surface area (Å²) in [6.07, 6.45) is 60.0. The maximum Gasteiger partial charge on any atom is 0.472 e. The van der Waals surface area contributed by atoms with Crippen LogP contribution in [0.5, 0.6) is 0 Å². The lowest BCUT2D eigenvalue weighted by Crippen LogP contribution is -2.30. The molecule has 0 bridgehead atoms. The highest BCUT2D eigenvalue weighted by molar-refractivity contribution is 7.47. The Morgan fingerprint density at radius 2 is 0.736 bits per heavy atom. The molecular weight excluding hydrogens is 928 g/mol. The zero-order chi connectivity index (χ0) is 52.7. The molecule has 11 nitrogen and oxygen atoms in total. The molecule has 0 aliphatic carbocycles. The highest BCUT2D eigenvalue weighted by Crippen LogP contribution is 2.43. The van der Waals surface area contributed by atoms with E-state index in [2.05, 4.69) is 93.7 Å². The van der Waals surface area contributed by atoms with Crippen LogP contribution in [-0.2, 0) is 42.2 Å². The summed E-state index contributed by atoms with van der Waals surface area (Å²) in [6, 6.07) is 0. The highest BCUT2D eigenvalue weighted by Gasteiger charge is 2.28. The van der Waals surface area contributed by atoms with Gasteiger partial charge in [0.2, 0.25) is 0 Å². The quantitative estimate of drug-likeness (QED) is 0.0197. The van der Waals surface area contributed by atoms with Crippen LogP contribution in [0.2, 0.25) is 0 Å². The van der Waals surface area contributed by atoms with E-state index in [9.17, 15) is 28.9 Å². The van der Waals surface area contributed by atoms with Gasteiger partial charge in [-0.15, -0.1) is 0 Å². The van der Waals surface area contributed by atoms with Crippen LogP contribution in [0.1, 0.15) is 252 Å². The Bertz CT molecular complexity index is 1490. The molecule has 12 heteroatoms. The van der Waals surface area contributed by atoms with Gasteiger partial charge in [-0.2, -0.15) is 0 Å². The molecule has 2 N–H and O–H groups in total. The Hall–Kier alpha value is -3.08. The molecule has 0 spiro atoms. The minimum Gasteiger partial charge on any atom is -0.462 e. The van der Waals surface area contributed by atoms with Gasteiger partial charge in [0.1, 0.15) is 12.7 Å². The summed E-state index contributed by atoms with van der Waals surface area (Å²) in [6.45, 7) is 4.46. The Kier molecular flexibility index (Phi) is 51.9. The Morgan fingerprint density at radius 3 is 1.17 bits per heavy atom. The summed E-state index contributed by atoms with van der Waals surface area (Å²) in [4.78, 5) is 48.5. The second kappa shape index (κ2) is 54.2. The molecular formula is C60H105O11P. The van der Waals surface area contributed by atoms with Crippen LogP contribution in [0.25, 0.3) is 0 Å². The minimum absolute atomic E-state index is 0.148. The summed E-state index contributed by atoms with van der Waals surface area (Å²) in [7, 11) is -4.75. The van der Waals surface area contributed by atoms with Crippen molar-refractivity contribution in [3.05, 3.63) is 72.9 Å². The van der Waals surface area contributed by atoms with E-state index in [0.717, 1.165) is 141 Å². The van der Waals surface area contributed by atoms with Crippen molar-refractivity contribution < 1.29 is 52.2 Å². The van der Waals surface area contributed by atoms with E-state index in [1.54, 1.807) is 0 Å². The molecule has 0 saturated heterocycles. The number of carbonyl (C=O) groups excluding carboxylic acids is 3. The Labute approximate surface area is 439 Å². The van der Waals surface area contributed by atoms with Gasteiger partial charge in [0.05, 0.1) is 19.8 Å². The summed E-state index contributed by atoms with van der Waals surface area (Å²) >= 11 is 0. The fraction of sp³-hybridized carbons (Fsp3) is 0.750. The highest BCUT2D eigenvalue weighted by atomic mass is 31.2. The van der Waals surface area contributed by atoms with Crippen LogP contribution >= 0.6 is 7.82 Å². The van der Waals surface area contributed by atoms with Crippen molar-refractivity contribution in [3.8, 4) is 0 Å². The molecule has 416 valence electrons. The summed E-state index contributed by atoms with van der Waals surface area (Å²) in [5.41, 5.74) is 0. The van der Waals surface area contributed by atoms with Gasteiger partial charge in [-0.1, -0.05) is 203 Å². The van der Waals surface area contributed by atoms with Crippen molar-refractivity contribution in [2.45, 2.75) is 264 Å². The number of carbonyl (C=O) groups is 3. The standard InChI is InChI=1S/C60H105O11P/c1-4-7-10-13-16-19-22-24-26-27-28-29-31-33-36-39-42-45-48-51-60(64)71-57(53-67-58(62)49-46-43-40-37-34-21-18-15-12-9-6-3)55-69-72(65,66)68-54-56(52-61)70-59(63)50-47-44-41-38-35-32-30-25-23-20-17-14-11-8-5-2/h7,10,15-16,18-19,24-26,28-30,56-57,61H,4-6,8-9,11-14,17,20-23,27,31-55H2,1-3H3,(H,65,66)/b10-7-,18-15-,19-16-,26-24-,29-28-,30-25-. The smallest absolute Gasteiger partial charge is 0.462 e. The van der Waals surface area contributed by atoms with Gasteiger partial charge >= 0.3 is 25.7 Å². The van der Waals surface area contributed by atoms with Gasteiger partial charge in [-0.25, -0.2) is 4.57 Å². The number of hydrogen-bond donors (Lipinski definition) is 2. The zero-order valence-corrected chi connectivity index (χ0v) is 46.8. The lowest BCUT2D eigenvalue weighted by Gasteiger charge is -2.21. The van der Waals surface area contributed by atoms with E-state index in [0.29, 0.717) is 19.3 Å². The molecule has 0 heterocycles. The lowest BCUT2D eigenvalue weighted by molar-refractivity contribution is -0.161. The first-order chi connectivity index (χ1) is 35.2. The first-order valence-corrected chi connectivity index (χ1v) is 30.3. The first kappa shape index (κ1) is 68.9. The minimum atomic E-state index is -4.75. The molecule has 0 radical (unpaired) electrons. The molecule has 0 aromatic heterocycles. The second-order valence-electron chi connectivity index (χ2n) is 19.1. The number of allylic oxidation sites excluding steroid dienone is 12. The largest absolute Gasteiger partial charge is 0.472 e. The molecule has 72 heavy (non-hydrogen) atoms. The maximum atomic E-state index is 12.9. The number of aliphatic hydroxyl groups is 1. The van der Waals surface area contributed by atoms with Crippen LogP contribution in [-0.4, -0.2) is 66.5 Å². The van der Waals surface area contributed by atoms with Gasteiger partial charge in [-0.05, 0) is 103 Å². The topological polar surface area (TPSA) is 155 Å². The van der Waals surface area contributed by atoms with Crippen molar-refractivity contribution in [3.63, 3.8) is 0 Å². The third kappa shape index (κ3) is 51.8. The number of rotatable bonds is 53. The molecule has 0 aromatic carbocycles. The average Bonchev–Trinajstić information content (AvgIpc) is 3.37.